The number of methoxy groups -OCH3 is 1. The minimum Gasteiger partial charge on any atom is -0.493 e. The molecule has 3 nitrogen and oxygen atoms in total. The standard InChI is InChI=1S/C14H17BrO3/c1-17-5-2-3-13(16)9-11-8-12(15)7-10-4-6-18-14(10)11/h7-8H,2-6,9H2,1H3. The summed E-state index contributed by atoms with van der Waals surface area (Å²) in [5.41, 5.74) is 2.20. The molecule has 0 saturated heterocycles. The number of halogens is 1. The van der Waals surface area contributed by atoms with Crippen LogP contribution < -0.4 is 4.74 Å². The molecule has 1 aliphatic heterocycles. The summed E-state index contributed by atoms with van der Waals surface area (Å²) in [5, 5.41) is 0. The highest BCUT2D eigenvalue weighted by molar-refractivity contribution is 9.10. The van der Waals surface area contributed by atoms with Crippen molar-refractivity contribution in [3.05, 3.63) is 27.7 Å². The molecule has 1 aromatic rings. The van der Waals surface area contributed by atoms with Crippen molar-refractivity contribution >= 4 is 21.7 Å². The van der Waals surface area contributed by atoms with E-state index < -0.39 is 0 Å². The summed E-state index contributed by atoms with van der Waals surface area (Å²) in [6.07, 6.45) is 2.73. The van der Waals surface area contributed by atoms with Gasteiger partial charge in [0.2, 0.25) is 0 Å². The number of Topliss-reactive ketones (excluding diaryl/α,β-unsaturated/α-hetero) is 1. The number of benzene rings is 1. The fraction of sp³-hybridized carbons (Fsp3) is 0.500. The van der Waals surface area contributed by atoms with E-state index in [4.69, 9.17) is 9.47 Å². The number of carbonyl (C=O) groups is 1. The number of rotatable bonds is 6. The van der Waals surface area contributed by atoms with E-state index in [0.29, 0.717) is 19.4 Å². The minimum atomic E-state index is 0.239. The first-order chi connectivity index (χ1) is 8.70. The van der Waals surface area contributed by atoms with Crippen molar-refractivity contribution in [3.63, 3.8) is 0 Å². The smallest absolute Gasteiger partial charge is 0.137 e. The first-order valence-corrected chi connectivity index (χ1v) is 6.94. The van der Waals surface area contributed by atoms with Crippen LogP contribution in [-0.2, 0) is 22.4 Å². The first-order valence-electron chi connectivity index (χ1n) is 6.15. The van der Waals surface area contributed by atoms with Gasteiger partial charge in [-0.2, -0.15) is 0 Å². The summed E-state index contributed by atoms with van der Waals surface area (Å²) >= 11 is 3.48. The maximum Gasteiger partial charge on any atom is 0.137 e. The van der Waals surface area contributed by atoms with Crippen molar-refractivity contribution in [2.75, 3.05) is 20.3 Å². The molecule has 0 bridgehead atoms. The molecule has 0 saturated carbocycles. The van der Waals surface area contributed by atoms with Crippen molar-refractivity contribution in [3.8, 4) is 5.75 Å². The van der Waals surface area contributed by atoms with Crippen LogP contribution in [0.2, 0.25) is 0 Å². The normalized spacial score (nSPS) is 13.2. The van der Waals surface area contributed by atoms with Crippen molar-refractivity contribution in [2.24, 2.45) is 0 Å². The molecule has 4 heteroatoms. The summed E-state index contributed by atoms with van der Waals surface area (Å²) in [6, 6.07) is 4.06. The summed E-state index contributed by atoms with van der Waals surface area (Å²) < 4.78 is 11.6. The summed E-state index contributed by atoms with van der Waals surface area (Å²) in [6.45, 7) is 1.36. The van der Waals surface area contributed by atoms with Crippen LogP contribution in [0.15, 0.2) is 16.6 Å². The SMILES string of the molecule is COCCCC(=O)Cc1cc(Br)cc2c1OCC2. The van der Waals surface area contributed by atoms with Gasteiger partial charge in [0, 0.05) is 43.0 Å². The van der Waals surface area contributed by atoms with E-state index in [-0.39, 0.29) is 5.78 Å². The van der Waals surface area contributed by atoms with Gasteiger partial charge in [0.05, 0.1) is 6.61 Å². The van der Waals surface area contributed by atoms with E-state index in [2.05, 4.69) is 22.0 Å². The molecular weight excluding hydrogens is 296 g/mol. The molecular formula is C14H17BrO3. The highest BCUT2D eigenvalue weighted by atomic mass is 79.9. The van der Waals surface area contributed by atoms with Crippen molar-refractivity contribution in [1.29, 1.82) is 0 Å². The Labute approximate surface area is 116 Å². The number of ketones is 1. The molecule has 1 aromatic carbocycles. The third kappa shape index (κ3) is 3.33. The van der Waals surface area contributed by atoms with Crippen molar-refractivity contribution < 1.29 is 14.3 Å². The maximum absolute atomic E-state index is 11.9. The van der Waals surface area contributed by atoms with Gasteiger partial charge in [0.15, 0.2) is 0 Å². The van der Waals surface area contributed by atoms with Gasteiger partial charge in [-0.3, -0.25) is 4.79 Å². The highest BCUT2D eigenvalue weighted by Gasteiger charge is 2.18. The second-order valence-electron chi connectivity index (χ2n) is 4.46. The van der Waals surface area contributed by atoms with Gasteiger partial charge >= 0.3 is 0 Å². The van der Waals surface area contributed by atoms with E-state index in [0.717, 1.165) is 35.2 Å². The van der Waals surface area contributed by atoms with Crippen LogP contribution in [0.1, 0.15) is 24.0 Å². The average Bonchev–Trinajstić information content (AvgIpc) is 2.77. The molecule has 98 valence electrons. The van der Waals surface area contributed by atoms with Crippen molar-refractivity contribution in [1.82, 2.24) is 0 Å². The predicted octanol–water partition coefficient (Wildman–Crippen LogP) is 2.92. The van der Waals surface area contributed by atoms with E-state index in [1.165, 1.54) is 5.56 Å². The van der Waals surface area contributed by atoms with E-state index in [9.17, 15) is 4.79 Å². The Bertz CT molecular complexity index is 443. The predicted molar refractivity (Wildman–Crippen MR) is 73.2 cm³/mol. The Balaban J connectivity index is 2.03. The summed E-state index contributed by atoms with van der Waals surface area (Å²) in [5.74, 6) is 1.15. The molecule has 18 heavy (non-hydrogen) atoms. The molecule has 0 unspecified atom stereocenters. The second-order valence-corrected chi connectivity index (χ2v) is 5.38. The maximum atomic E-state index is 11.9. The molecule has 0 aromatic heterocycles. The zero-order valence-electron chi connectivity index (χ0n) is 10.5. The molecule has 0 N–H and O–H groups in total. The topological polar surface area (TPSA) is 35.5 Å². The molecule has 1 aliphatic rings. The van der Waals surface area contributed by atoms with Gasteiger partial charge in [-0.25, -0.2) is 0 Å². The van der Waals surface area contributed by atoms with Gasteiger partial charge in [0.1, 0.15) is 11.5 Å². The number of ether oxygens (including phenoxy) is 2. The van der Waals surface area contributed by atoms with Gasteiger partial charge in [-0.1, -0.05) is 15.9 Å². The molecule has 2 rings (SSSR count). The van der Waals surface area contributed by atoms with Crippen LogP contribution >= 0.6 is 15.9 Å². The number of hydrogen-bond donors (Lipinski definition) is 0. The lowest BCUT2D eigenvalue weighted by Crippen LogP contribution is -2.05. The molecule has 0 amide bonds. The Kier molecular flexibility index (Phi) is 4.78. The lowest BCUT2D eigenvalue weighted by Gasteiger charge is -2.08. The monoisotopic (exact) mass is 312 g/mol. The zero-order chi connectivity index (χ0) is 13.0. The van der Waals surface area contributed by atoms with Gasteiger partial charge in [-0.15, -0.1) is 0 Å². The third-order valence-electron chi connectivity index (χ3n) is 3.02. The van der Waals surface area contributed by atoms with E-state index >= 15 is 0 Å². The second kappa shape index (κ2) is 6.34. The Morgan fingerprint density at radius 2 is 2.33 bits per heavy atom. The summed E-state index contributed by atoms with van der Waals surface area (Å²) in [4.78, 5) is 11.9. The fourth-order valence-corrected chi connectivity index (χ4v) is 2.74. The molecule has 0 fully saturated rings. The minimum absolute atomic E-state index is 0.239. The van der Waals surface area contributed by atoms with E-state index in [1.807, 2.05) is 6.07 Å². The van der Waals surface area contributed by atoms with Crippen LogP contribution in [0.5, 0.6) is 5.75 Å². The number of carbonyl (C=O) groups excluding carboxylic acids is 1. The highest BCUT2D eigenvalue weighted by Crippen LogP contribution is 2.33. The largest absolute Gasteiger partial charge is 0.493 e. The summed E-state index contributed by atoms with van der Waals surface area (Å²) in [7, 11) is 1.65. The first kappa shape index (κ1) is 13.6. The average molecular weight is 313 g/mol. The quantitative estimate of drug-likeness (QED) is 0.758. The molecule has 0 aliphatic carbocycles. The molecule has 0 atom stereocenters. The lowest BCUT2D eigenvalue weighted by molar-refractivity contribution is -0.118. The van der Waals surface area contributed by atoms with Crippen LogP contribution in [0, 0.1) is 0 Å². The van der Waals surface area contributed by atoms with E-state index in [1.54, 1.807) is 7.11 Å². The van der Waals surface area contributed by atoms with Crippen LogP contribution in [0.3, 0.4) is 0 Å². The van der Waals surface area contributed by atoms with Gasteiger partial charge < -0.3 is 9.47 Å². The molecule has 0 spiro atoms. The van der Waals surface area contributed by atoms with Crippen molar-refractivity contribution in [2.45, 2.75) is 25.7 Å². The van der Waals surface area contributed by atoms with Gasteiger partial charge in [-0.05, 0) is 24.1 Å². The zero-order valence-corrected chi connectivity index (χ0v) is 12.1. The fourth-order valence-electron chi connectivity index (χ4n) is 2.19. The Morgan fingerprint density at radius 1 is 1.50 bits per heavy atom. The lowest BCUT2D eigenvalue weighted by atomic mass is 10.0. The van der Waals surface area contributed by atoms with Crippen LogP contribution in [-0.4, -0.2) is 26.1 Å². The number of hydrogen-bond acceptors (Lipinski definition) is 3. The molecule has 1 heterocycles. The Morgan fingerprint density at radius 3 is 3.11 bits per heavy atom. The van der Waals surface area contributed by atoms with Crippen LogP contribution in [0.25, 0.3) is 0 Å². The Hall–Kier alpha value is -0.870. The number of fused-ring (bicyclic) bond motifs is 1. The van der Waals surface area contributed by atoms with Gasteiger partial charge in [0.25, 0.3) is 0 Å². The third-order valence-corrected chi connectivity index (χ3v) is 3.47. The van der Waals surface area contributed by atoms with Crippen LogP contribution in [0.4, 0.5) is 0 Å². The molecule has 0 radical (unpaired) electrons.